The van der Waals surface area contributed by atoms with E-state index in [1.807, 2.05) is 32.0 Å². The van der Waals surface area contributed by atoms with Crippen molar-refractivity contribution in [1.29, 1.82) is 0 Å². The fraction of sp³-hybridized carbons (Fsp3) is 0.316. The highest BCUT2D eigenvalue weighted by Crippen LogP contribution is 2.33. The number of ether oxygens (including phenoxy) is 3. The van der Waals surface area contributed by atoms with Crippen molar-refractivity contribution < 1.29 is 14.2 Å². The van der Waals surface area contributed by atoms with Crippen LogP contribution in [0.2, 0.25) is 0 Å². The molecular formula is C19H22N4O3. The molecule has 136 valence electrons. The molecule has 1 N–H and O–H groups in total. The van der Waals surface area contributed by atoms with Gasteiger partial charge in [-0.2, -0.15) is 0 Å². The summed E-state index contributed by atoms with van der Waals surface area (Å²) in [6, 6.07) is 7.51. The Morgan fingerprint density at radius 3 is 2.42 bits per heavy atom. The minimum Gasteiger partial charge on any atom is -0.497 e. The molecule has 0 radical (unpaired) electrons. The van der Waals surface area contributed by atoms with Crippen molar-refractivity contribution in [2.45, 2.75) is 20.3 Å². The lowest BCUT2D eigenvalue weighted by Crippen LogP contribution is -2.05. The molecule has 0 unspecified atom stereocenters. The van der Waals surface area contributed by atoms with Crippen molar-refractivity contribution in [3.63, 3.8) is 0 Å². The zero-order chi connectivity index (χ0) is 18.7. The maximum atomic E-state index is 5.42. The van der Waals surface area contributed by atoms with E-state index in [1.54, 1.807) is 27.4 Å². The number of nitrogens with one attached hydrogen (secondary N) is 1. The van der Waals surface area contributed by atoms with Gasteiger partial charge in [-0.25, -0.2) is 15.0 Å². The minimum atomic E-state index is 0.463. The number of hydrogen-bond donors (Lipinski definition) is 1. The summed E-state index contributed by atoms with van der Waals surface area (Å²) in [6.45, 7) is 3.96. The van der Waals surface area contributed by atoms with Crippen molar-refractivity contribution >= 4 is 22.7 Å². The molecule has 2 heterocycles. The van der Waals surface area contributed by atoms with Crippen molar-refractivity contribution in [3.8, 4) is 17.2 Å². The molecule has 0 aliphatic carbocycles. The predicted molar refractivity (Wildman–Crippen MR) is 101 cm³/mol. The van der Waals surface area contributed by atoms with E-state index in [4.69, 9.17) is 14.2 Å². The summed E-state index contributed by atoms with van der Waals surface area (Å²) in [5.41, 5.74) is 2.47. The second-order valence-electron chi connectivity index (χ2n) is 5.68. The molecule has 0 bridgehead atoms. The van der Waals surface area contributed by atoms with Crippen LogP contribution in [0.25, 0.3) is 10.9 Å². The molecule has 2 aromatic heterocycles. The van der Waals surface area contributed by atoms with E-state index in [1.165, 1.54) is 0 Å². The molecule has 0 spiro atoms. The van der Waals surface area contributed by atoms with Crippen LogP contribution in [0.4, 0.5) is 11.8 Å². The van der Waals surface area contributed by atoms with Crippen molar-refractivity contribution in [3.05, 3.63) is 35.7 Å². The van der Waals surface area contributed by atoms with Crippen LogP contribution >= 0.6 is 0 Å². The number of aryl methyl sites for hydroxylation is 2. The monoisotopic (exact) mass is 354 g/mol. The van der Waals surface area contributed by atoms with Crippen LogP contribution < -0.4 is 19.5 Å². The third-order valence-corrected chi connectivity index (χ3v) is 4.10. The molecule has 26 heavy (non-hydrogen) atoms. The number of aromatic nitrogens is 3. The highest BCUT2D eigenvalue weighted by Gasteiger charge is 2.14. The first-order valence-corrected chi connectivity index (χ1v) is 8.30. The smallest absolute Gasteiger partial charge is 0.229 e. The van der Waals surface area contributed by atoms with E-state index in [0.29, 0.717) is 29.7 Å². The number of hydrogen-bond acceptors (Lipinski definition) is 7. The largest absolute Gasteiger partial charge is 0.497 e. The summed E-state index contributed by atoms with van der Waals surface area (Å²) in [5.74, 6) is 3.06. The van der Waals surface area contributed by atoms with Gasteiger partial charge in [0.25, 0.3) is 0 Å². The maximum Gasteiger partial charge on any atom is 0.229 e. The van der Waals surface area contributed by atoms with Gasteiger partial charge in [0, 0.05) is 17.5 Å². The summed E-state index contributed by atoms with van der Waals surface area (Å²) in [5, 5.41) is 4.14. The van der Waals surface area contributed by atoms with Crippen LogP contribution in [0.5, 0.6) is 17.2 Å². The Morgan fingerprint density at radius 2 is 1.77 bits per heavy atom. The Balaban J connectivity index is 2.03. The quantitative estimate of drug-likeness (QED) is 0.723. The van der Waals surface area contributed by atoms with Gasteiger partial charge in [0.1, 0.15) is 11.6 Å². The topological polar surface area (TPSA) is 78.4 Å². The summed E-state index contributed by atoms with van der Waals surface area (Å²) >= 11 is 0. The van der Waals surface area contributed by atoms with E-state index in [9.17, 15) is 0 Å². The van der Waals surface area contributed by atoms with Crippen LogP contribution in [0.3, 0.4) is 0 Å². The maximum absolute atomic E-state index is 5.42. The first kappa shape index (κ1) is 17.7. The van der Waals surface area contributed by atoms with Gasteiger partial charge in [-0.3, -0.25) is 0 Å². The van der Waals surface area contributed by atoms with Gasteiger partial charge in [-0.05, 0) is 25.5 Å². The first-order valence-electron chi connectivity index (χ1n) is 8.30. The Labute approximate surface area is 152 Å². The molecule has 0 aliphatic rings. The molecule has 0 amide bonds. The van der Waals surface area contributed by atoms with E-state index in [0.717, 1.165) is 28.0 Å². The molecule has 1 aromatic carbocycles. The van der Waals surface area contributed by atoms with Gasteiger partial charge < -0.3 is 19.5 Å². The second kappa shape index (κ2) is 7.43. The van der Waals surface area contributed by atoms with Gasteiger partial charge in [0.05, 0.1) is 38.2 Å². The average Bonchev–Trinajstić information content (AvgIpc) is 2.66. The van der Waals surface area contributed by atoms with Gasteiger partial charge in [-0.15, -0.1) is 0 Å². The zero-order valence-corrected chi connectivity index (χ0v) is 15.6. The van der Waals surface area contributed by atoms with Crippen LogP contribution in [0, 0.1) is 6.92 Å². The zero-order valence-electron chi connectivity index (χ0n) is 15.6. The van der Waals surface area contributed by atoms with Gasteiger partial charge in [0.15, 0.2) is 11.5 Å². The summed E-state index contributed by atoms with van der Waals surface area (Å²) in [4.78, 5) is 13.7. The van der Waals surface area contributed by atoms with E-state index >= 15 is 0 Å². The third-order valence-electron chi connectivity index (χ3n) is 4.10. The molecule has 0 atom stereocenters. The fourth-order valence-corrected chi connectivity index (χ4v) is 2.80. The third kappa shape index (κ3) is 3.33. The van der Waals surface area contributed by atoms with Crippen LogP contribution in [-0.2, 0) is 6.42 Å². The normalized spacial score (nSPS) is 10.7. The number of nitrogens with zero attached hydrogens (tertiary/aromatic N) is 3. The number of anilines is 2. The number of fused-ring (bicyclic) bond motifs is 1. The van der Waals surface area contributed by atoms with Crippen LogP contribution in [-0.4, -0.2) is 36.3 Å². The molecule has 3 aromatic rings. The molecule has 0 fully saturated rings. The van der Waals surface area contributed by atoms with E-state index in [2.05, 4.69) is 20.3 Å². The summed E-state index contributed by atoms with van der Waals surface area (Å²) < 4.78 is 16.1. The number of benzene rings is 1. The average molecular weight is 354 g/mol. The Hall–Kier alpha value is -3.09. The first-order chi connectivity index (χ1) is 12.6. The lowest BCUT2D eigenvalue weighted by atomic mass is 10.2. The van der Waals surface area contributed by atoms with Gasteiger partial charge in [-0.1, -0.05) is 6.92 Å². The molecule has 0 saturated heterocycles. The molecule has 7 nitrogen and oxygen atoms in total. The molecule has 0 aliphatic heterocycles. The Morgan fingerprint density at radius 1 is 0.962 bits per heavy atom. The highest BCUT2D eigenvalue weighted by atomic mass is 16.5. The van der Waals surface area contributed by atoms with Crippen molar-refractivity contribution in [2.75, 3.05) is 26.6 Å². The summed E-state index contributed by atoms with van der Waals surface area (Å²) in [6.07, 6.45) is 0.712. The lowest BCUT2D eigenvalue weighted by molar-refractivity contribution is 0.350. The molecule has 0 saturated carbocycles. The van der Waals surface area contributed by atoms with E-state index in [-0.39, 0.29) is 0 Å². The fourth-order valence-electron chi connectivity index (χ4n) is 2.80. The Bertz CT molecular complexity index is 918. The van der Waals surface area contributed by atoms with E-state index < -0.39 is 0 Å². The van der Waals surface area contributed by atoms with Crippen molar-refractivity contribution in [2.24, 2.45) is 0 Å². The number of methoxy groups -OCH3 is 3. The van der Waals surface area contributed by atoms with Crippen LogP contribution in [0.1, 0.15) is 18.3 Å². The molecule has 3 rings (SSSR count). The van der Waals surface area contributed by atoms with Crippen LogP contribution in [0.15, 0.2) is 24.3 Å². The lowest BCUT2D eigenvalue weighted by Gasteiger charge is -2.14. The molecule has 7 heteroatoms. The van der Waals surface area contributed by atoms with Crippen molar-refractivity contribution in [1.82, 2.24) is 15.0 Å². The number of pyridine rings is 1. The second-order valence-corrected chi connectivity index (χ2v) is 5.68. The highest BCUT2D eigenvalue weighted by molar-refractivity contribution is 5.83. The standard InChI is InChI=1S/C19H22N4O3/c1-6-14-18(26-5)16(25-4)10-17(21-14)23-19-20-11(2)13-8-7-12(24-3)9-15(13)22-19/h7-10H,6H2,1-5H3,(H,20,21,22,23). The number of rotatable bonds is 6. The Kier molecular flexibility index (Phi) is 5.06. The summed E-state index contributed by atoms with van der Waals surface area (Å²) in [7, 11) is 4.84. The predicted octanol–water partition coefficient (Wildman–Crippen LogP) is 3.67. The SMILES string of the molecule is CCc1nc(Nc2nc(C)c3ccc(OC)cc3n2)cc(OC)c1OC. The molecular weight excluding hydrogens is 332 g/mol. The minimum absolute atomic E-state index is 0.463. The van der Waals surface area contributed by atoms with Gasteiger partial charge >= 0.3 is 0 Å². The van der Waals surface area contributed by atoms with Gasteiger partial charge in [0.2, 0.25) is 5.95 Å².